The van der Waals surface area contributed by atoms with E-state index in [0.29, 0.717) is 17.9 Å². The molecule has 6 heteroatoms. The summed E-state index contributed by atoms with van der Waals surface area (Å²) < 4.78 is 5.88. The van der Waals surface area contributed by atoms with Gasteiger partial charge in [-0.05, 0) is 61.4 Å². The molecule has 1 unspecified atom stereocenters. The van der Waals surface area contributed by atoms with Crippen molar-refractivity contribution in [2.45, 2.75) is 56.2 Å². The molecule has 2 aliphatic rings. The number of nitrogens with one attached hydrogen (secondary N) is 1. The second-order valence-electron chi connectivity index (χ2n) is 12.3. The van der Waals surface area contributed by atoms with Crippen LogP contribution in [0.15, 0.2) is 133 Å². The van der Waals surface area contributed by atoms with E-state index in [1.807, 2.05) is 93.6 Å². The van der Waals surface area contributed by atoms with Gasteiger partial charge < -0.3 is 4.74 Å². The molecule has 0 radical (unpaired) electrons. The zero-order valence-electron chi connectivity index (χ0n) is 25.4. The number of β-lactam (4-membered cyclic amide) rings is 1. The van der Waals surface area contributed by atoms with Crippen molar-refractivity contribution in [1.29, 1.82) is 0 Å². The van der Waals surface area contributed by atoms with Crippen LogP contribution in [0.1, 0.15) is 49.4 Å². The zero-order chi connectivity index (χ0) is 30.7. The molecular formula is C38H38N2O3S. The number of fused-ring (bicyclic) bond motifs is 1. The van der Waals surface area contributed by atoms with Crippen molar-refractivity contribution in [2.75, 3.05) is 5.75 Å². The molecule has 44 heavy (non-hydrogen) atoms. The minimum Gasteiger partial charge on any atom is -0.455 e. The van der Waals surface area contributed by atoms with Crippen LogP contribution in [0, 0.1) is 0 Å². The predicted octanol–water partition coefficient (Wildman–Crippen LogP) is 7.08. The van der Waals surface area contributed by atoms with E-state index < -0.39 is 23.2 Å². The summed E-state index contributed by atoms with van der Waals surface area (Å²) in [5, 5.41) is 3.61. The minimum absolute atomic E-state index is 0.118. The lowest BCUT2D eigenvalue weighted by molar-refractivity contribution is -0.158. The second kappa shape index (κ2) is 12.5. The number of esters is 1. The lowest BCUT2D eigenvalue weighted by Gasteiger charge is -2.53. The molecule has 1 amide bonds. The quantitative estimate of drug-likeness (QED) is 0.126. The van der Waals surface area contributed by atoms with E-state index in [1.165, 1.54) is 5.56 Å². The van der Waals surface area contributed by atoms with Gasteiger partial charge in [0.05, 0.1) is 5.54 Å². The van der Waals surface area contributed by atoms with Crippen molar-refractivity contribution >= 4 is 23.6 Å². The van der Waals surface area contributed by atoms with E-state index in [9.17, 15) is 9.59 Å². The molecule has 1 N–H and O–H groups in total. The Morgan fingerprint density at radius 1 is 0.773 bits per heavy atom. The Balaban J connectivity index is 1.39. The van der Waals surface area contributed by atoms with Gasteiger partial charge in [0, 0.05) is 5.75 Å². The van der Waals surface area contributed by atoms with Crippen LogP contribution in [0.4, 0.5) is 0 Å². The van der Waals surface area contributed by atoms with Gasteiger partial charge in [-0.1, -0.05) is 121 Å². The number of nitrogens with zero attached hydrogens (tertiary/aromatic N) is 1. The molecule has 5 nitrogen and oxygen atoms in total. The molecule has 2 heterocycles. The van der Waals surface area contributed by atoms with Gasteiger partial charge >= 0.3 is 5.97 Å². The molecule has 4 aromatic rings. The van der Waals surface area contributed by atoms with Gasteiger partial charge in [0.2, 0.25) is 5.91 Å². The number of carbonyl (C=O) groups is 2. The Morgan fingerprint density at radius 2 is 1.25 bits per heavy atom. The molecule has 0 aliphatic carbocycles. The highest BCUT2D eigenvalue weighted by molar-refractivity contribution is 8.00. The molecule has 224 valence electrons. The van der Waals surface area contributed by atoms with Crippen molar-refractivity contribution in [1.82, 2.24) is 10.2 Å². The predicted molar refractivity (Wildman–Crippen MR) is 177 cm³/mol. The van der Waals surface area contributed by atoms with Crippen molar-refractivity contribution < 1.29 is 14.3 Å². The van der Waals surface area contributed by atoms with E-state index in [2.05, 4.69) is 53.8 Å². The lowest BCUT2D eigenvalue weighted by atomic mass is 9.76. The summed E-state index contributed by atoms with van der Waals surface area (Å²) in [6.07, 6.45) is 1.47. The van der Waals surface area contributed by atoms with Gasteiger partial charge in [-0.3, -0.25) is 15.0 Å². The summed E-state index contributed by atoms with van der Waals surface area (Å²) in [6.45, 7) is 5.58. The maximum atomic E-state index is 14.3. The van der Waals surface area contributed by atoms with Crippen LogP contribution in [-0.4, -0.2) is 39.5 Å². The van der Waals surface area contributed by atoms with Crippen LogP contribution in [0.25, 0.3) is 0 Å². The maximum absolute atomic E-state index is 14.3. The SMILES string of the molecule is CC(C)(C)OC(=O)C1=C(CCc2ccccc2)CS[C@@H]2C(NC(c3ccccc3)(c3ccccc3)c3ccccc3)C(=O)N12. The number of ether oxygens (including phenoxy) is 1. The molecule has 0 aromatic heterocycles. The normalized spacial score (nSPS) is 18.4. The number of hydrogen-bond acceptors (Lipinski definition) is 5. The molecule has 0 bridgehead atoms. The number of rotatable bonds is 9. The van der Waals surface area contributed by atoms with Crippen molar-refractivity contribution in [3.8, 4) is 0 Å². The first-order valence-corrected chi connectivity index (χ1v) is 16.2. The highest BCUT2D eigenvalue weighted by atomic mass is 32.2. The molecular weight excluding hydrogens is 564 g/mol. The number of amides is 1. The summed E-state index contributed by atoms with van der Waals surface area (Å²) in [5.74, 6) is 0.105. The van der Waals surface area contributed by atoms with E-state index >= 15 is 0 Å². The smallest absolute Gasteiger partial charge is 0.355 e. The Kier molecular flexibility index (Phi) is 8.48. The van der Waals surface area contributed by atoms with Crippen LogP contribution in [0.5, 0.6) is 0 Å². The maximum Gasteiger partial charge on any atom is 0.355 e. The average Bonchev–Trinajstić information content (AvgIpc) is 3.05. The van der Waals surface area contributed by atoms with Gasteiger partial charge in [-0.2, -0.15) is 0 Å². The van der Waals surface area contributed by atoms with E-state index in [0.717, 1.165) is 28.7 Å². The molecule has 1 saturated heterocycles. The standard InChI is InChI=1S/C38H38N2O3S/c1-37(2,3)43-36(42)33-28(25-24-27-16-8-4-9-17-27)26-44-35-32(34(41)40(33)35)39-38(29-18-10-5-11-19-29,30-20-12-6-13-21-30)31-22-14-7-15-23-31/h4-23,32,35,39H,24-26H2,1-3H3/t32?,35-/m1/s1. The number of hydrogen-bond donors (Lipinski definition) is 1. The fourth-order valence-corrected chi connectivity index (χ4v) is 7.57. The number of carbonyl (C=O) groups excluding carboxylic acids is 2. The first-order valence-electron chi connectivity index (χ1n) is 15.2. The Morgan fingerprint density at radius 3 is 1.73 bits per heavy atom. The number of benzene rings is 4. The van der Waals surface area contributed by atoms with Crippen LogP contribution < -0.4 is 5.32 Å². The van der Waals surface area contributed by atoms with Gasteiger partial charge in [0.15, 0.2) is 0 Å². The molecule has 2 atom stereocenters. The highest BCUT2D eigenvalue weighted by Crippen LogP contribution is 2.45. The minimum atomic E-state index is -0.792. The molecule has 4 aromatic carbocycles. The Labute approximate surface area is 264 Å². The second-order valence-corrected chi connectivity index (χ2v) is 13.4. The third kappa shape index (κ3) is 5.84. The van der Waals surface area contributed by atoms with Crippen LogP contribution in [0.3, 0.4) is 0 Å². The van der Waals surface area contributed by atoms with Crippen LogP contribution in [-0.2, 0) is 26.3 Å². The van der Waals surface area contributed by atoms with Gasteiger partial charge in [-0.15, -0.1) is 11.8 Å². The van der Waals surface area contributed by atoms with Crippen molar-refractivity contribution in [3.63, 3.8) is 0 Å². The molecule has 0 spiro atoms. The van der Waals surface area contributed by atoms with E-state index in [-0.39, 0.29) is 11.3 Å². The van der Waals surface area contributed by atoms with E-state index in [4.69, 9.17) is 4.74 Å². The fourth-order valence-electron chi connectivity index (χ4n) is 6.18. The summed E-state index contributed by atoms with van der Waals surface area (Å²) >= 11 is 1.71. The Hall–Kier alpha value is -4.13. The highest BCUT2D eigenvalue weighted by Gasteiger charge is 2.56. The fraction of sp³-hybridized carbons (Fsp3) is 0.263. The topological polar surface area (TPSA) is 58.6 Å². The third-order valence-electron chi connectivity index (χ3n) is 8.19. The zero-order valence-corrected chi connectivity index (χ0v) is 26.2. The largest absolute Gasteiger partial charge is 0.455 e. The van der Waals surface area contributed by atoms with Crippen LogP contribution >= 0.6 is 11.8 Å². The Bertz CT molecular complexity index is 1540. The molecule has 6 rings (SSSR count). The van der Waals surface area contributed by atoms with Gasteiger partial charge in [0.25, 0.3) is 0 Å². The summed E-state index contributed by atoms with van der Waals surface area (Å²) in [6, 6.07) is 40.6. The monoisotopic (exact) mass is 602 g/mol. The van der Waals surface area contributed by atoms with Crippen LogP contribution in [0.2, 0.25) is 0 Å². The summed E-state index contributed by atoms with van der Waals surface area (Å²) in [5.41, 5.74) is 4.21. The number of aryl methyl sites for hydroxylation is 1. The first-order chi connectivity index (χ1) is 21.3. The molecule has 2 aliphatic heterocycles. The lowest BCUT2D eigenvalue weighted by Crippen LogP contribution is -2.72. The van der Waals surface area contributed by atoms with Crippen molar-refractivity contribution in [2.24, 2.45) is 0 Å². The van der Waals surface area contributed by atoms with Gasteiger partial charge in [-0.25, -0.2) is 4.79 Å². The number of thioether (sulfide) groups is 1. The summed E-state index contributed by atoms with van der Waals surface area (Å²) in [7, 11) is 0. The first kappa shape index (κ1) is 29.9. The van der Waals surface area contributed by atoms with Crippen molar-refractivity contribution in [3.05, 3.63) is 155 Å². The van der Waals surface area contributed by atoms with Gasteiger partial charge in [0.1, 0.15) is 22.7 Å². The average molecular weight is 603 g/mol. The summed E-state index contributed by atoms with van der Waals surface area (Å²) in [4.78, 5) is 29.7. The molecule has 0 saturated carbocycles. The third-order valence-corrected chi connectivity index (χ3v) is 9.53. The van der Waals surface area contributed by atoms with E-state index in [1.54, 1.807) is 16.7 Å². The molecule has 1 fully saturated rings.